The minimum absolute atomic E-state index is 0.516. The molecule has 1 aromatic carbocycles. The van der Waals surface area contributed by atoms with Crippen molar-refractivity contribution in [2.45, 2.75) is 40.2 Å². The van der Waals surface area contributed by atoms with E-state index in [9.17, 15) is 0 Å². The first-order chi connectivity index (χ1) is 15.2. The van der Waals surface area contributed by atoms with Crippen LogP contribution in [-0.4, -0.2) is 66.7 Å². The summed E-state index contributed by atoms with van der Waals surface area (Å²) in [5.74, 6) is 2.38. The van der Waals surface area contributed by atoms with Crippen LogP contribution in [0.2, 0.25) is 0 Å². The van der Waals surface area contributed by atoms with Crippen molar-refractivity contribution in [3.63, 3.8) is 0 Å². The fourth-order valence-electron chi connectivity index (χ4n) is 3.76. The lowest BCUT2D eigenvalue weighted by atomic mass is 10.1. The smallest absolute Gasteiger partial charge is 0.191 e. The summed E-state index contributed by atoms with van der Waals surface area (Å²) in [5.41, 5.74) is 2.55. The highest BCUT2D eigenvalue weighted by atomic mass is 16.5. The van der Waals surface area contributed by atoms with Crippen LogP contribution < -0.4 is 15.5 Å². The molecule has 0 bridgehead atoms. The van der Waals surface area contributed by atoms with Crippen LogP contribution in [0.1, 0.15) is 31.7 Å². The highest BCUT2D eigenvalue weighted by Crippen LogP contribution is 2.15. The summed E-state index contributed by atoms with van der Waals surface area (Å²) in [6, 6.07) is 8.67. The zero-order chi connectivity index (χ0) is 21.9. The summed E-state index contributed by atoms with van der Waals surface area (Å²) in [7, 11) is 0. The number of likely N-dealkylation sites (N-methyl/N-ethyl adjacent to an activating group) is 1. The van der Waals surface area contributed by atoms with Crippen LogP contribution in [0.15, 0.2) is 35.6 Å². The zero-order valence-corrected chi connectivity index (χ0v) is 19.2. The van der Waals surface area contributed by atoms with Gasteiger partial charge < -0.3 is 24.8 Å². The number of rotatable bonds is 11. The molecule has 0 amide bonds. The number of anilines is 1. The van der Waals surface area contributed by atoms with Gasteiger partial charge in [0, 0.05) is 63.9 Å². The summed E-state index contributed by atoms with van der Waals surface area (Å²) >= 11 is 0. The van der Waals surface area contributed by atoms with Gasteiger partial charge in [0.05, 0.1) is 6.61 Å². The molecule has 8 nitrogen and oxygen atoms in total. The van der Waals surface area contributed by atoms with Gasteiger partial charge in [0.15, 0.2) is 5.96 Å². The van der Waals surface area contributed by atoms with Crippen LogP contribution in [0.25, 0.3) is 0 Å². The van der Waals surface area contributed by atoms with Crippen molar-refractivity contribution < 1.29 is 4.74 Å². The topological polar surface area (TPSA) is 79.6 Å². The van der Waals surface area contributed by atoms with E-state index < -0.39 is 0 Å². The SMILES string of the molecule is CCc1nncn1CCNC(=NCC1CCOC1)NCCN(CC)c1cccc(C)c1. The van der Waals surface area contributed by atoms with E-state index >= 15 is 0 Å². The van der Waals surface area contributed by atoms with Crippen molar-refractivity contribution in [1.82, 2.24) is 25.4 Å². The van der Waals surface area contributed by atoms with Crippen molar-refractivity contribution >= 4 is 11.6 Å². The predicted octanol–water partition coefficient (Wildman–Crippen LogP) is 2.25. The van der Waals surface area contributed by atoms with Crippen molar-refractivity contribution in [3.8, 4) is 0 Å². The summed E-state index contributed by atoms with van der Waals surface area (Å²) in [6.45, 7) is 13.2. The average Bonchev–Trinajstić information content (AvgIpc) is 3.46. The maximum Gasteiger partial charge on any atom is 0.191 e. The molecule has 1 aliphatic rings. The number of nitrogens with one attached hydrogen (secondary N) is 2. The fourth-order valence-corrected chi connectivity index (χ4v) is 3.76. The van der Waals surface area contributed by atoms with Crippen molar-refractivity contribution in [2.75, 3.05) is 50.8 Å². The number of nitrogens with zero attached hydrogens (tertiary/aromatic N) is 5. The summed E-state index contributed by atoms with van der Waals surface area (Å²) in [5, 5.41) is 15.2. The maximum absolute atomic E-state index is 5.50. The van der Waals surface area contributed by atoms with Crippen LogP contribution in [0.4, 0.5) is 5.69 Å². The number of hydrogen-bond donors (Lipinski definition) is 2. The van der Waals surface area contributed by atoms with E-state index in [0.717, 1.165) is 77.1 Å². The van der Waals surface area contributed by atoms with Gasteiger partial charge in [-0.1, -0.05) is 19.1 Å². The molecular formula is C23H37N7O. The molecule has 0 aliphatic carbocycles. The molecule has 3 rings (SSSR count). The molecule has 1 fully saturated rings. The Hall–Kier alpha value is -2.61. The van der Waals surface area contributed by atoms with E-state index in [1.54, 1.807) is 6.33 Å². The first-order valence-corrected chi connectivity index (χ1v) is 11.5. The van der Waals surface area contributed by atoms with Gasteiger partial charge in [-0.25, -0.2) is 0 Å². The summed E-state index contributed by atoms with van der Waals surface area (Å²) < 4.78 is 7.59. The van der Waals surface area contributed by atoms with Gasteiger partial charge in [0.25, 0.3) is 0 Å². The molecule has 1 unspecified atom stereocenters. The molecule has 1 atom stereocenters. The first-order valence-electron chi connectivity index (χ1n) is 11.5. The van der Waals surface area contributed by atoms with Gasteiger partial charge >= 0.3 is 0 Å². The quantitative estimate of drug-likeness (QED) is 0.423. The molecule has 2 heterocycles. The molecule has 170 valence electrons. The van der Waals surface area contributed by atoms with Gasteiger partial charge in [0.1, 0.15) is 12.2 Å². The van der Waals surface area contributed by atoms with E-state index in [0.29, 0.717) is 5.92 Å². The highest BCUT2D eigenvalue weighted by molar-refractivity contribution is 5.79. The molecule has 0 spiro atoms. The number of hydrogen-bond acceptors (Lipinski definition) is 5. The number of guanidine groups is 1. The lowest BCUT2D eigenvalue weighted by molar-refractivity contribution is 0.187. The third kappa shape index (κ3) is 7.24. The van der Waals surface area contributed by atoms with Gasteiger partial charge in [-0.2, -0.15) is 0 Å². The second-order valence-electron chi connectivity index (χ2n) is 7.99. The van der Waals surface area contributed by atoms with E-state index in [4.69, 9.17) is 9.73 Å². The third-order valence-corrected chi connectivity index (χ3v) is 5.61. The van der Waals surface area contributed by atoms with Gasteiger partial charge in [-0.05, 0) is 38.0 Å². The Morgan fingerprint density at radius 2 is 2.16 bits per heavy atom. The fraction of sp³-hybridized carbons (Fsp3) is 0.609. The van der Waals surface area contributed by atoms with E-state index in [2.05, 4.69) is 75.3 Å². The van der Waals surface area contributed by atoms with Crippen LogP contribution >= 0.6 is 0 Å². The van der Waals surface area contributed by atoms with E-state index in [1.165, 1.54) is 11.3 Å². The highest BCUT2D eigenvalue weighted by Gasteiger charge is 2.15. The normalized spacial score (nSPS) is 16.5. The lowest BCUT2D eigenvalue weighted by Gasteiger charge is -2.24. The molecule has 0 radical (unpaired) electrons. The predicted molar refractivity (Wildman–Crippen MR) is 126 cm³/mol. The monoisotopic (exact) mass is 427 g/mol. The Morgan fingerprint density at radius 3 is 2.90 bits per heavy atom. The summed E-state index contributed by atoms with van der Waals surface area (Å²) in [6.07, 6.45) is 3.77. The standard InChI is InChI=1S/C23H37N7O/c1-4-22-28-27-18-30(22)13-11-25-23(26-16-20-9-14-31-17-20)24-10-12-29(5-2)21-8-6-7-19(3)15-21/h6-8,15,18,20H,4-5,9-14,16-17H2,1-3H3,(H2,24,25,26). The number of ether oxygens (including phenoxy) is 1. The van der Waals surface area contributed by atoms with Gasteiger partial charge in [-0.3, -0.25) is 4.99 Å². The van der Waals surface area contributed by atoms with Gasteiger partial charge in [0.2, 0.25) is 0 Å². The first kappa shape index (κ1) is 23.1. The molecule has 2 aromatic rings. The van der Waals surface area contributed by atoms with Crippen LogP contribution in [0.3, 0.4) is 0 Å². The molecule has 1 aromatic heterocycles. The second kappa shape index (κ2) is 12.3. The minimum atomic E-state index is 0.516. The molecule has 0 saturated carbocycles. The molecule has 8 heteroatoms. The molecule has 1 saturated heterocycles. The van der Waals surface area contributed by atoms with Crippen molar-refractivity contribution in [2.24, 2.45) is 10.9 Å². The Balaban J connectivity index is 1.53. The Labute approximate surface area is 186 Å². The average molecular weight is 428 g/mol. The van der Waals surface area contributed by atoms with E-state index in [1.807, 2.05) is 0 Å². The van der Waals surface area contributed by atoms with Gasteiger partial charge in [-0.15, -0.1) is 10.2 Å². The summed E-state index contributed by atoms with van der Waals surface area (Å²) in [4.78, 5) is 7.21. The Kier molecular flexibility index (Phi) is 9.15. The lowest BCUT2D eigenvalue weighted by Crippen LogP contribution is -2.43. The van der Waals surface area contributed by atoms with Crippen LogP contribution in [0, 0.1) is 12.8 Å². The molecular weight excluding hydrogens is 390 g/mol. The zero-order valence-electron chi connectivity index (χ0n) is 19.2. The van der Waals surface area contributed by atoms with Crippen LogP contribution in [-0.2, 0) is 17.7 Å². The Morgan fingerprint density at radius 1 is 1.29 bits per heavy atom. The van der Waals surface area contributed by atoms with Crippen molar-refractivity contribution in [3.05, 3.63) is 42.0 Å². The number of aliphatic imine (C=N–C) groups is 1. The number of benzene rings is 1. The number of aromatic nitrogens is 3. The molecule has 31 heavy (non-hydrogen) atoms. The van der Waals surface area contributed by atoms with Crippen LogP contribution in [0.5, 0.6) is 0 Å². The molecule has 2 N–H and O–H groups in total. The van der Waals surface area contributed by atoms with Crippen molar-refractivity contribution in [1.29, 1.82) is 0 Å². The number of aryl methyl sites for hydroxylation is 2. The largest absolute Gasteiger partial charge is 0.381 e. The molecule has 1 aliphatic heterocycles. The minimum Gasteiger partial charge on any atom is -0.381 e. The maximum atomic E-state index is 5.50. The van der Waals surface area contributed by atoms with E-state index in [-0.39, 0.29) is 0 Å². The second-order valence-corrected chi connectivity index (χ2v) is 7.99. The third-order valence-electron chi connectivity index (χ3n) is 5.61. The Bertz CT molecular complexity index is 814.